The van der Waals surface area contributed by atoms with E-state index in [4.69, 9.17) is 9.47 Å². The van der Waals surface area contributed by atoms with Gasteiger partial charge < -0.3 is 40.3 Å². The molecule has 9 heteroatoms. The summed E-state index contributed by atoms with van der Waals surface area (Å²) in [6.07, 6.45) is 54.1. The fourth-order valence-electron chi connectivity index (χ4n) is 9.41. The van der Waals surface area contributed by atoms with Crippen molar-refractivity contribution in [2.45, 2.75) is 326 Å². The van der Waals surface area contributed by atoms with Crippen LogP contribution in [-0.4, -0.2) is 87.5 Å². The van der Waals surface area contributed by atoms with Gasteiger partial charge in [-0.2, -0.15) is 0 Å². The van der Waals surface area contributed by atoms with Crippen molar-refractivity contribution in [1.29, 1.82) is 0 Å². The van der Waals surface area contributed by atoms with Gasteiger partial charge in [0.2, 0.25) is 5.91 Å². The summed E-state index contributed by atoms with van der Waals surface area (Å²) in [6, 6.07) is -0.817. The lowest BCUT2D eigenvalue weighted by Crippen LogP contribution is -2.60. The lowest BCUT2D eigenvalue weighted by Gasteiger charge is -2.40. The van der Waals surface area contributed by atoms with E-state index in [1.54, 1.807) is 6.08 Å². The van der Waals surface area contributed by atoms with Crippen LogP contribution in [0.2, 0.25) is 0 Å². The van der Waals surface area contributed by atoms with Crippen LogP contribution >= 0.6 is 0 Å². The number of aliphatic hydroxyl groups is 5. The minimum atomic E-state index is -1.57. The predicted molar refractivity (Wildman–Crippen MR) is 281 cm³/mol. The quantitative estimate of drug-likeness (QED) is 0.0261. The summed E-state index contributed by atoms with van der Waals surface area (Å²) in [6.45, 7) is 3.78. The van der Waals surface area contributed by atoms with E-state index >= 15 is 0 Å². The summed E-state index contributed by atoms with van der Waals surface area (Å²) < 4.78 is 11.2. The molecule has 0 radical (unpaired) electrons. The molecule has 0 spiro atoms. The van der Waals surface area contributed by atoms with Crippen molar-refractivity contribution >= 4 is 5.91 Å². The van der Waals surface area contributed by atoms with E-state index < -0.39 is 49.5 Å². The number of nitrogens with one attached hydrogen (secondary N) is 1. The summed E-state index contributed by atoms with van der Waals surface area (Å²) in [4.78, 5) is 13.0. The van der Waals surface area contributed by atoms with Gasteiger partial charge in [-0.25, -0.2) is 0 Å². The van der Waals surface area contributed by atoms with Crippen LogP contribution in [0, 0.1) is 0 Å². The second-order valence-electron chi connectivity index (χ2n) is 20.4. The molecule has 0 aromatic rings. The van der Waals surface area contributed by atoms with Crippen molar-refractivity contribution < 1.29 is 39.8 Å². The van der Waals surface area contributed by atoms with E-state index in [0.29, 0.717) is 6.42 Å². The lowest BCUT2D eigenvalue weighted by atomic mass is 9.99. The first-order chi connectivity index (χ1) is 32.8. The van der Waals surface area contributed by atoms with E-state index in [-0.39, 0.29) is 12.5 Å². The number of carbonyl (C=O) groups excluding carboxylic acids is 1. The number of ether oxygens (including phenoxy) is 2. The number of hydrogen-bond acceptors (Lipinski definition) is 8. The molecule has 7 unspecified atom stereocenters. The maximum absolute atomic E-state index is 13.0. The Morgan fingerprint density at radius 1 is 0.493 bits per heavy atom. The van der Waals surface area contributed by atoms with E-state index in [1.807, 2.05) is 6.08 Å². The normalized spacial score (nSPS) is 19.8. The first-order valence-electron chi connectivity index (χ1n) is 29.1. The third kappa shape index (κ3) is 38.1. The van der Waals surface area contributed by atoms with Crippen molar-refractivity contribution in [3.05, 3.63) is 24.3 Å². The zero-order valence-electron chi connectivity index (χ0n) is 43.9. The monoisotopic (exact) mass is 950 g/mol. The maximum atomic E-state index is 13.0. The molecule has 1 amide bonds. The molecule has 7 atom stereocenters. The highest BCUT2D eigenvalue weighted by Crippen LogP contribution is 2.23. The molecule has 1 fully saturated rings. The topological polar surface area (TPSA) is 149 Å². The molecule has 0 aliphatic carbocycles. The maximum Gasteiger partial charge on any atom is 0.220 e. The second-order valence-corrected chi connectivity index (χ2v) is 20.4. The molecular formula is C58H111NO8. The van der Waals surface area contributed by atoms with Crippen LogP contribution < -0.4 is 5.32 Å². The van der Waals surface area contributed by atoms with Crippen LogP contribution in [0.1, 0.15) is 284 Å². The van der Waals surface area contributed by atoms with Gasteiger partial charge in [0.1, 0.15) is 24.4 Å². The molecule has 1 rings (SSSR count). The summed E-state index contributed by atoms with van der Waals surface area (Å²) in [5.41, 5.74) is 0. The summed E-state index contributed by atoms with van der Waals surface area (Å²) in [7, 11) is 0. The molecule has 1 aliphatic heterocycles. The van der Waals surface area contributed by atoms with Crippen LogP contribution in [0.4, 0.5) is 0 Å². The van der Waals surface area contributed by atoms with Gasteiger partial charge in [-0.05, 0) is 32.1 Å². The molecule has 0 aromatic heterocycles. The molecule has 1 heterocycles. The highest BCUT2D eigenvalue weighted by atomic mass is 16.7. The number of hydrogen-bond donors (Lipinski definition) is 6. The molecule has 67 heavy (non-hydrogen) atoms. The van der Waals surface area contributed by atoms with Gasteiger partial charge in [-0.1, -0.05) is 269 Å². The highest BCUT2D eigenvalue weighted by Gasteiger charge is 2.44. The van der Waals surface area contributed by atoms with Crippen molar-refractivity contribution in [2.75, 3.05) is 13.2 Å². The van der Waals surface area contributed by atoms with Crippen LogP contribution in [0.15, 0.2) is 24.3 Å². The average molecular weight is 951 g/mol. The van der Waals surface area contributed by atoms with Crippen molar-refractivity contribution in [3.63, 3.8) is 0 Å². The fourth-order valence-corrected chi connectivity index (χ4v) is 9.41. The third-order valence-electron chi connectivity index (χ3n) is 14.0. The SMILES string of the molecule is CCCCCCCCCC/C=C/CC/C=C/C(O)C(COC1OC(CO)C(O)C(O)C1O)NC(=O)CCCCCCCCCCCCCCCCCCCCCCCCCCCCCCCC. The number of rotatable bonds is 50. The number of carbonyl (C=O) groups is 1. The van der Waals surface area contributed by atoms with Crippen molar-refractivity contribution in [3.8, 4) is 0 Å². The number of allylic oxidation sites excluding steroid dienone is 3. The van der Waals surface area contributed by atoms with E-state index in [0.717, 1.165) is 38.5 Å². The number of amides is 1. The summed E-state index contributed by atoms with van der Waals surface area (Å²) in [5, 5.41) is 54.4. The van der Waals surface area contributed by atoms with E-state index in [1.165, 1.54) is 225 Å². The Balaban J connectivity index is 2.14. The summed E-state index contributed by atoms with van der Waals surface area (Å²) in [5.74, 6) is -0.182. The lowest BCUT2D eigenvalue weighted by molar-refractivity contribution is -0.302. The molecule has 6 N–H and O–H groups in total. The standard InChI is InChI=1S/C58H111NO8/c1-3-5-7-9-11-13-15-17-19-20-21-22-23-24-25-26-27-28-29-30-31-32-33-34-36-38-40-42-44-46-48-54(62)59-51(50-66-58-57(65)56(64)55(63)53(49-60)67-58)52(61)47-45-43-41-39-37-35-18-16-14-12-10-8-6-4-2/h37,39,45,47,51-53,55-58,60-61,63-65H,3-36,38,40-44,46,48-50H2,1-2H3,(H,59,62)/b39-37+,47-45+. The largest absolute Gasteiger partial charge is 0.394 e. The summed E-state index contributed by atoms with van der Waals surface area (Å²) >= 11 is 0. The Kier molecular flexibility index (Phi) is 45.9. The van der Waals surface area contributed by atoms with Gasteiger partial charge in [0.25, 0.3) is 0 Å². The Hall–Kier alpha value is -1.33. The zero-order chi connectivity index (χ0) is 48.7. The average Bonchev–Trinajstić information content (AvgIpc) is 3.33. The van der Waals surface area contributed by atoms with Gasteiger partial charge in [-0.3, -0.25) is 4.79 Å². The molecular weight excluding hydrogens is 839 g/mol. The Labute approximate surface area is 413 Å². The Morgan fingerprint density at radius 3 is 1.25 bits per heavy atom. The molecule has 396 valence electrons. The molecule has 9 nitrogen and oxygen atoms in total. The van der Waals surface area contributed by atoms with Crippen molar-refractivity contribution in [1.82, 2.24) is 5.32 Å². The Morgan fingerprint density at radius 2 is 0.851 bits per heavy atom. The van der Waals surface area contributed by atoms with Crippen molar-refractivity contribution in [2.24, 2.45) is 0 Å². The first-order valence-corrected chi connectivity index (χ1v) is 29.1. The highest BCUT2D eigenvalue weighted by molar-refractivity contribution is 5.76. The second kappa shape index (κ2) is 48.3. The third-order valence-corrected chi connectivity index (χ3v) is 14.0. The van der Waals surface area contributed by atoms with Crippen LogP contribution in [0.25, 0.3) is 0 Å². The van der Waals surface area contributed by atoms with Gasteiger partial charge in [0.15, 0.2) is 6.29 Å². The first kappa shape index (κ1) is 63.7. The van der Waals surface area contributed by atoms with Gasteiger partial charge in [0.05, 0.1) is 25.4 Å². The Bertz CT molecular complexity index is 1100. The molecule has 0 aromatic carbocycles. The minimum Gasteiger partial charge on any atom is -0.394 e. The molecule has 0 bridgehead atoms. The predicted octanol–water partition coefficient (Wildman–Crippen LogP) is 14.2. The molecule has 1 aliphatic rings. The van der Waals surface area contributed by atoms with Gasteiger partial charge in [-0.15, -0.1) is 0 Å². The van der Waals surface area contributed by atoms with Gasteiger partial charge >= 0.3 is 0 Å². The zero-order valence-corrected chi connectivity index (χ0v) is 43.9. The number of unbranched alkanes of at least 4 members (excludes halogenated alkanes) is 38. The van der Waals surface area contributed by atoms with Crippen LogP contribution in [-0.2, 0) is 14.3 Å². The molecule has 0 saturated carbocycles. The van der Waals surface area contributed by atoms with E-state index in [2.05, 4.69) is 31.3 Å². The minimum absolute atomic E-state index is 0.182. The number of aliphatic hydroxyl groups excluding tert-OH is 5. The van der Waals surface area contributed by atoms with Crippen LogP contribution in [0.5, 0.6) is 0 Å². The molecule has 1 saturated heterocycles. The smallest absolute Gasteiger partial charge is 0.220 e. The fraction of sp³-hybridized carbons (Fsp3) is 0.914. The van der Waals surface area contributed by atoms with Crippen LogP contribution in [0.3, 0.4) is 0 Å². The van der Waals surface area contributed by atoms with Gasteiger partial charge in [0, 0.05) is 6.42 Å². The van der Waals surface area contributed by atoms with E-state index in [9.17, 15) is 30.3 Å².